The van der Waals surface area contributed by atoms with Gasteiger partial charge in [0.2, 0.25) is 0 Å². The molecule has 0 bridgehead atoms. The summed E-state index contributed by atoms with van der Waals surface area (Å²) in [5.74, 6) is 0. The highest BCUT2D eigenvalue weighted by Crippen LogP contribution is 1.95. The minimum atomic E-state index is 0.431. The van der Waals surface area contributed by atoms with Crippen molar-refractivity contribution in [3.8, 4) is 0 Å². The van der Waals surface area contributed by atoms with Gasteiger partial charge < -0.3 is 4.74 Å². The first-order chi connectivity index (χ1) is 8.33. The molecule has 2 heteroatoms. The third kappa shape index (κ3) is 25.2. The average Bonchev–Trinajstić information content (AvgIpc) is 2.41. The molecule has 0 aromatic heterocycles. The molecule has 0 aliphatic heterocycles. The van der Waals surface area contributed by atoms with E-state index in [2.05, 4.69) is 18.6 Å². The van der Waals surface area contributed by atoms with Gasteiger partial charge in [-0.1, -0.05) is 75.9 Å². The molecule has 1 rings (SSSR count). The van der Waals surface area contributed by atoms with Crippen LogP contribution in [0.2, 0.25) is 0 Å². The molecule has 0 amide bonds. The molecule has 0 radical (unpaired) electrons. The highest BCUT2D eigenvalue weighted by molar-refractivity contribution is 5.36. The molecule has 17 heavy (non-hydrogen) atoms. The fourth-order valence-corrected chi connectivity index (χ4v) is 0.953. The number of benzene rings is 1. The molecule has 0 N–H and O–H groups in total. The summed E-state index contributed by atoms with van der Waals surface area (Å²) in [6, 6.07) is 12.0. The van der Waals surface area contributed by atoms with Crippen LogP contribution in [0.1, 0.15) is 46.5 Å². The van der Waals surface area contributed by atoms with Crippen LogP contribution in [0.25, 0.3) is 0 Å². The smallest absolute Gasteiger partial charge is 0.293 e. The lowest BCUT2D eigenvalue weighted by Gasteiger charge is -1.86. The van der Waals surface area contributed by atoms with Crippen LogP contribution < -0.4 is 0 Å². The normalized spacial score (nSPS) is 7.94. The number of ether oxygens (including phenoxy) is 1. The topological polar surface area (TPSA) is 26.3 Å². The maximum absolute atomic E-state index is 9.18. The van der Waals surface area contributed by atoms with E-state index in [4.69, 9.17) is 0 Å². The first-order valence-corrected chi connectivity index (χ1v) is 6.38. The van der Waals surface area contributed by atoms with E-state index >= 15 is 0 Å². The van der Waals surface area contributed by atoms with Gasteiger partial charge in [0.05, 0.1) is 6.61 Å². The Labute approximate surface area is 106 Å². The molecule has 0 unspecified atom stereocenters. The molecule has 2 nitrogen and oxygen atoms in total. The van der Waals surface area contributed by atoms with Crippen LogP contribution in [-0.2, 0) is 9.53 Å². The van der Waals surface area contributed by atoms with Gasteiger partial charge in [0.1, 0.15) is 0 Å². The van der Waals surface area contributed by atoms with Crippen LogP contribution in [0.4, 0.5) is 0 Å². The van der Waals surface area contributed by atoms with Crippen molar-refractivity contribution in [1.29, 1.82) is 0 Å². The standard InChI is InChI=1S/C6H6.C6H14.C3H6O2/c1-2-4-6-5-3-1;1-3-5-6-4-2;1-2-5-3-4/h1-6H;3-6H2,1-2H3;3H,2H2,1H3. The molecule has 0 saturated carbocycles. The van der Waals surface area contributed by atoms with Gasteiger partial charge in [0.25, 0.3) is 6.47 Å². The van der Waals surface area contributed by atoms with Gasteiger partial charge >= 0.3 is 0 Å². The Balaban J connectivity index is 0. The third-order valence-electron chi connectivity index (χ3n) is 1.86. The van der Waals surface area contributed by atoms with E-state index in [1.807, 2.05) is 36.4 Å². The van der Waals surface area contributed by atoms with E-state index in [1.165, 1.54) is 25.7 Å². The lowest BCUT2D eigenvalue weighted by Crippen LogP contribution is -1.80. The summed E-state index contributed by atoms with van der Waals surface area (Å²) in [6.07, 6.45) is 5.54. The maximum atomic E-state index is 9.18. The lowest BCUT2D eigenvalue weighted by molar-refractivity contribution is -0.128. The van der Waals surface area contributed by atoms with Crippen molar-refractivity contribution in [2.24, 2.45) is 0 Å². The number of rotatable bonds is 5. The SMILES string of the molecule is CCCCCC.CCOC=O.c1ccccc1. The summed E-state index contributed by atoms with van der Waals surface area (Å²) >= 11 is 0. The molecule has 0 spiro atoms. The summed E-state index contributed by atoms with van der Waals surface area (Å²) in [5, 5.41) is 0. The van der Waals surface area contributed by atoms with Crippen molar-refractivity contribution in [2.75, 3.05) is 6.61 Å². The number of hydrogen-bond donors (Lipinski definition) is 0. The quantitative estimate of drug-likeness (QED) is 0.559. The molecule has 0 aliphatic rings. The van der Waals surface area contributed by atoms with Gasteiger partial charge in [-0.15, -0.1) is 0 Å². The highest BCUT2D eigenvalue weighted by atomic mass is 16.5. The second-order valence-electron chi connectivity index (χ2n) is 3.41. The van der Waals surface area contributed by atoms with E-state index in [-0.39, 0.29) is 0 Å². The van der Waals surface area contributed by atoms with Crippen molar-refractivity contribution in [3.63, 3.8) is 0 Å². The van der Waals surface area contributed by atoms with Gasteiger partial charge in [-0.2, -0.15) is 0 Å². The summed E-state index contributed by atoms with van der Waals surface area (Å²) in [5.41, 5.74) is 0. The van der Waals surface area contributed by atoms with Crippen LogP contribution in [0.3, 0.4) is 0 Å². The predicted molar refractivity (Wildman–Crippen MR) is 73.9 cm³/mol. The number of hydrogen-bond acceptors (Lipinski definition) is 2. The second kappa shape index (κ2) is 20.1. The maximum Gasteiger partial charge on any atom is 0.293 e. The highest BCUT2D eigenvalue weighted by Gasteiger charge is 1.75. The molecule has 1 aromatic rings. The minimum Gasteiger partial charge on any atom is -0.468 e. The van der Waals surface area contributed by atoms with Crippen LogP contribution in [0, 0.1) is 0 Å². The number of unbranched alkanes of at least 4 members (excludes halogenated alkanes) is 3. The molecule has 0 fully saturated rings. The summed E-state index contributed by atoms with van der Waals surface area (Å²) in [6.45, 7) is 7.13. The van der Waals surface area contributed by atoms with Crippen molar-refractivity contribution in [2.45, 2.75) is 46.5 Å². The van der Waals surface area contributed by atoms with Gasteiger partial charge in [0.15, 0.2) is 0 Å². The van der Waals surface area contributed by atoms with Crippen molar-refractivity contribution in [1.82, 2.24) is 0 Å². The molecule has 0 atom stereocenters. The summed E-state index contributed by atoms with van der Waals surface area (Å²) in [4.78, 5) is 9.18. The fourth-order valence-electron chi connectivity index (χ4n) is 0.953. The van der Waals surface area contributed by atoms with Crippen molar-refractivity contribution < 1.29 is 9.53 Å². The lowest BCUT2D eigenvalue weighted by atomic mass is 10.2. The summed E-state index contributed by atoms with van der Waals surface area (Å²) in [7, 11) is 0. The van der Waals surface area contributed by atoms with E-state index in [1.54, 1.807) is 6.92 Å². The zero-order valence-corrected chi connectivity index (χ0v) is 11.4. The minimum absolute atomic E-state index is 0.431. The zero-order chi connectivity index (χ0) is 13.2. The fraction of sp³-hybridized carbons (Fsp3) is 0.533. The monoisotopic (exact) mass is 238 g/mol. The molecule has 0 saturated heterocycles. The van der Waals surface area contributed by atoms with Crippen LogP contribution >= 0.6 is 0 Å². The van der Waals surface area contributed by atoms with E-state index in [9.17, 15) is 4.79 Å². The predicted octanol–water partition coefficient (Wildman–Crippen LogP) is 4.45. The summed E-state index contributed by atoms with van der Waals surface area (Å²) < 4.78 is 4.15. The second-order valence-corrected chi connectivity index (χ2v) is 3.41. The Morgan fingerprint density at radius 3 is 1.29 bits per heavy atom. The first kappa shape index (κ1) is 18.1. The van der Waals surface area contributed by atoms with Crippen LogP contribution in [0.5, 0.6) is 0 Å². The Morgan fingerprint density at radius 2 is 1.18 bits per heavy atom. The molecule has 98 valence electrons. The molecule has 0 heterocycles. The van der Waals surface area contributed by atoms with E-state index in [0.717, 1.165) is 0 Å². The van der Waals surface area contributed by atoms with Crippen LogP contribution in [0.15, 0.2) is 36.4 Å². The number of carbonyl (C=O) groups excluding carboxylic acids is 1. The van der Waals surface area contributed by atoms with E-state index < -0.39 is 0 Å². The zero-order valence-electron chi connectivity index (χ0n) is 11.4. The van der Waals surface area contributed by atoms with Crippen molar-refractivity contribution in [3.05, 3.63) is 36.4 Å². The molecule has 0 aliphatic carbocycles. The van der Waals surface area contributed by atoms with Crippen molar-refractivity contribution >= 4 is 6.47 Å². The average molecular weight is 238 g/mol. The Morgan fingerprint density at radius 1 is 0.824 bits per heavy atom. The van der Waals surface area contributed by atoms with Gasteiger partial charge in [-0.3, -0.25) is 4.79 Å². The Kier molecular flexibility index (Phi) is 21.4. The third-order valence-corrected chi connectivity index (χ3v) is 1.86. The Bertz CT molecular complexity index is 179. The van der Waals surface area contributed by atoms with Gasteiger partial charge in [-0.25, -0.2) is 0 Å². The first-order valence-electron chi connectivity index (χ1n) is 6.38. The van der Waals surface area contributed by atoms with Crippen LogP contribution in [-0.4, -0.2) is 13.1 Å². The van der Waals surface area contributed by atoms with E-state index in [0.29, 0.717) is 13.1 Å². The van der Waals surface area contributed by atoms with Gasteiger partial charge in [0, 0.05) is 0 Å². The molecular formula is C15H26O2. The number of carbonyl (C=O) groups is 1. The molecular weight excluding hydrogens is 212 g/mol. The largest absolute Gasteiger partial charge is 0.468 e. The Hall–Kier alpha value is -1.31. The van der Waals surface area contributed by atoms with Gasteiger partial charge in [-0.05, 0) is 6.92 Å². The molecule has 1 aromatic carbocycles.